The lowest BCUT2D eigenvalue weighted by Gasteiger charge is -2.38. The molecule has 2 aromatic rings. The van der Waals surface area contributed by atoms with Crippen molar-refractivity contribution in [1.29, 1.82) is 0 Å². The lowest BCUT2D eigenvalue weighted by atomic mass is 9.91. The number of piperazine rings is 1. The molecule has 2 aromatic carbocycles. The van der Waals surface area contributed by atoms with Gasteiger partial charge in [0.2, 0.25) is 0 Å². The van der Waals surface area contributed by atoms with Crippen molar-refractivity contribution < 1.29 is 9.53 Å². The van der Waals surface area contributed by atoms with Crippen molar-refractivity contribution in [3.63, 3.8) is 0 Å². The number of aldehydes is 1. The van der Waals surface area contributed by atoms with E-state index >= 15 is 0 Å². The summed E-state index contributed by atoms with van der Waals surface area (Å²) in [5.74, 6) is 1.08. The highest BCUT2D eigenvalue weighted by molar-refractivity contribution is 5.55. The van der Waals surface area contributed by atoms with Gasteiger partial charge in [0.1, 0.15) is 18.6 Å². The highest BCUT2D eigenvalue weighted by Gasteiger charge is 2.40. The summed E-state index contributed by atoms with van der Waals surface area (Å²) in [6.45, 7) is 5.64. The first-order chi connectivity index (χ1) is 12.7. The van der Waals surface area contributed by atoms with E-state index in [0.29, 0.717) is 12.6 Å². The summed E-state index contributed by atoms with van der Waals surface area (Å²) in [7, 11) is 0. The van der Waals surface area contributed by atoms with Crippen molar-refractivity contribution in [2.45, 2.75) is 32.0 Å². The molecule has 1 unspecified atom stereocenters. The third-order valence-electron chi connectivity index (χ3n) is 5.65. The fourth-order valence-electron chi connectivity index (χ4n) is 4.32. The molecule has 3 atom stereocenters. The summed E-state index contributed by atoms with van der Waals surface area (Å²) in [6.07, 6.45) is 2.08. The Morgan fingerprint density at radius 3 is 2.85 bits per heavy atom. The van der Waals surface area contributed by atoms with Gasteiger partial charge in [-0.1, -0.05) is 36.4 Å². The Kier molecular flexibility index (Phi) is 5.05. The third kappa shape index (κ3) is 3.53. The number of aryl methyl sites for hydroxylation is 1. The van der Waals surface area contributed by atoms with Crippen molar-refractivity contribution in [1.82, 2.24) is 10.2 Å². The van der Waals surface area contributed by atoms with Gasteiger partial charge in [-0.15, -0.1) is 0 Å². The lowest BCUT2D eigenvalue weighted by Crippen LogP contribution is -2.50. The molecular formula is C22H26N2O2. The van der Waals surface area contributed by atoms with E-state index in [1.165, 1.54) is 16.7 Å². The maximum absolute atomic E-state index is 11.2. The summed E-state index contributed by atoms with van der Waals surface area (Å²) in [5, 5.41) is 3.67. The molecule has 0 saturated carbocycles. The molecule has 0 aromatic heterocycles. The molecule has 0 bridgehead atoms. The second-order valence-corrected chi connectivity index (χ2v) is 7.42. The summed E-state index contributed by atoms with van der Waals surface area (Å²) in [6, 6.07) is 17.3. The van der Waals surface area contributed by atoms with Crippen LogP contribution < -0.4 is 10.1 Å². The molecule has 0 aliphatic carbocycles. The highest BCUT2D eigenvalue weighted by atomic mass is 16.5. The van der Waals surface area contributed by atoms with Crippen LogP contribution in [0, 0.1) is 12.8 Å². The molecule has 0 radical (unpaired) electrons. The second-order valence-electron chi connectivity index (χ2n) is 7.42. The van der Waals surface area contributed by atoms with Gasteiger partial charge in [-0.2, -0.15) is 0 Å². The van der Waals surface area contributed by atoms with Gasteiger partial charge in [0, 0.05) is 37.6 Å². The molecule has 2 fully saturated rings. The van der Waals surface area contributed by atoms with E-state index in [2.05, 4.69) is 47.5 Å². The Bertz CT molecular complexity index is 762. The first kappa shape index (κ1) is 17.3. The first-order valence-corrected chi connectivity index (χ1v) is 9.44. The average molecular weight is 350 g/mol. The van der Waals surface area contributed by atoms with Crippen molar-refractivity contribution in [3.8, 4) is 5.75 Å². The molecule has 4 nitrogen and oxygen atoms in total. The Morgan fingerprint density at radius 2 is 2.08 bits per heavy atom. The quantitative estimate of drug-likeness (QED) is 0.842. The van der Waals surface area contributed by atoms with Crippen molar-refractivity contribution in [2.75, 3.05) is 19.6 Å². The number of rotatable bonds is 5. The maximum atomic E-state index is 11.2. The van der Waals surface area contributed by atoms with Crippen LogP contribution in [0.15, 0.2) is 48.5 Å². The van der Waals surface area contributed by atoms with Gasteiger partial charge in [0.15, 0.2) is 0 Å². The Balaban J connectivity index is 1.48. The van der Waals surface area contributed by atoms with Crippen LogP contribution in [0.2, 0.25) is 0 Å². The molecule has 136 valence electrons. The highest BCUT2D eigenvalue weighted by Crippen LogP contribution is 2.35. The van der Waals surface area contributed by atoms with Crippen LogP contribution in [0.3, 0.4) is 0 Å². The number of carbonyl (C=O) groups is 1. The number of benzene rings is 2. The molecule has 26 heavy (non-hydrogen) atoms. The number of nitrogens with zero attached hydrogens (tertiary/aromatic N) is 1. The van der Waals surface area contributed by atoms with E-state index in [1.54, 1.807) is 0 Å². The van der Waals surface area contributed by atoms with Crippen LogP contribution in [-0.2, 0) is 11.4 Å². The number of fused-ring (bicyclic) bond motifs is 1. The normalized spacial score (nSPS) is 25.7. The van der Waals surface area contributed by atoms with E-state index in [4.69, 9.17) is 4.74 Å². The lowest BCUT2D eigenvalue weighted by molar-refractivity contribution is -0.110. The van der Waals surface area contributed by atoms with Crippen LogP contribution in [0.1, 0.15) is 29.2 Å². The summed E-state index contributed by atoms with van der Waals surface area (Å²) in [4.78, 5) is 13.7. The molecule has 4 rings (SSSR count). The number of hydrogen-bond donors (Lipinski definition) is 1. The van der Waals surface area contributed by atoms with E-state index in [0.717, 1.165) is 38.1 Å². The first-order valence-electron chi connectivity index (χ1n) is 9.44. The van der Waals surface area contributed by atoms with Gasteiger partial charge >= 0.3 is 0 Å². The number of nitrogens with one attached hydrogen (secondary N) is 1. The Labute approximate surface area is 155 Å². The minimum atomic E-state index is 0.177. The van der Waals surface area contributed by atoms with Crippen molar-refractivity contribution >= 4 is 6.29 Å². The van der Waals surface area contributed by atoms with Gasteiger partial charge in [0.25, 0.3) is 0 Å². The van der Waals surface area contributed by atoms with E-state index in [1.807, 2.05) is 18.2 Å². The minimum absolute atomic E-state index is 0.177. The molecule has 2 aliphatic rings. The predicted octanol–water partition coefficient (Wildman–Crippen LogP) is 3.11. The van der Waals surface area contributed by atoms with Gasteiger partial charge < -0.3 is 14.8 Å². The third-order valence-corrected chi connectivity index (χ3v) is 5.65. The van der Waals surface area contributed by atoms with Crippen molar-refractivity contribution in [3.05, 3.63) is 65.2 Å². The van der Waals surface area contributed by atoms with Gasteiger partial charge in [-0.25, -0.2) is 0 Å². The summed E-state index contributed by atoms with van der Waals surface area (Å²) in [5.41, 5.74) is 3.73. The van der Waals surface area contributed by atoms with Crippen LogP contribution in [0.25, 0.3) is 0 Å². The molecule has 0 amide bonds. The Morgan fingerprint density at radius 1 is 1.23 bits per heavy atom. The molecule has 2 aliphatic heterocycles. The zero-order chi connectivity index (χ0) is 17.9. The number of hydrogen-bond acceptors (Lipinski definition) is 4. The number of carbonyl (C=O) groups excluding carboxylic acids is 1. The van der Waals surface area contributed by atoms with Gasteiger partial charge in [-0.05, 0) is 42.2 Å². The van der Waals surface area contributed by atoms with Gasteiger partial charge in [-0.3, -0.25) is 4.90 Å². The topological polar surface area (TPSA) is 41.6 Å². The maximum Gasteiger partial charge on any atom is 0.124 e. The summed E-state index contributed by atoms with van der Waals surface area (Å²) >= 11 is 0. The smallest absolute Gasteiger partial charge is 0.124 e. The number of ether oxygens (including phenoxy) is 1. The minimum Gasteiger partial charge on any atom is -0.489 e. The van der Waals surface area contributed by atoms with E-state index < -0.39 is 0 Å². The predicted molar refractivity (Wildman–Crippen MR) is 102 cm³/mol. The SMILES string of the molecule is Cc1cc(OCc2ccccc2)ccc1[C@@H]1NCCN2CC(C=O)C[C@@H]12. The molecule has 2 heterocycles. The molecule has 2 saturated heterocycles. The van der Waals surface area contributed by atoms with Crippen LogP contribution in [0.5, 0.6) is 5.75 Å². The molecular weight excluding hydrogens is 324 g/mol. The monoisotopic (exact) mass is 350 g/mol. The van der Waals surface area contributed by atoms with Crippen LogP contribution in [-0.4, -0.2) is 36.9 Å². The van der Waals surface area contributed by atoms with Crippen LogP contribution in [0.4, 0.5) is 0 Å². The average Bonchev–Trinajstić information content (AvgIpc) is 3.11. The zero-order valence-electron chi connectivity index (χ0n) is 15.2. The molecule has 1 N–H and O–H groups in total. The fraction of sp³-hybridized carbons (Fsp3) is 0.409. The van der Waals surface area contributed by atoms with Crippen LogP contribution >= 0.6 is 0 Å². The van der Waals surface area contributed by atoms with Crippen molar-refractivity contribution in [2.24, 2.45) is 5.92 Å². The zero-order valence-corrected chi connectivity index (χ0v) is 15.2. The second kappa shape index (κ2) is 7.60. The standard InChI is InChI=1S/C22H26N2O2/c1-16-11-19(26-15-17-5-3-2-4-6-17)7-8-20(16)22-21-12-18(14-25)13-24(21)10-9-23-22/h2-8,11,14,18,21-23H,9-10,12-13,15H2,1H3/t18?,21-,22-/m0/s1. The fourth-order valence-corrected chi connectivity index (χ4v) is 4.32. The molecule has 0 spiro atoms. The van der Waals surface area contributed by atoms with E-state index in [-0.39, 0.29) is 12.0 Å². The largest absolute Gasteiger partial charge is 0.489 e. The Hall–Kier alpha value is -2.17. The summed E-state index contributed by atoms with van der Waals surface area (Å²) < 4.78 is 5.96. The molecule has 4 heteroatoms. The van der Waals surface area contributed by atoms with E-state index in [9.17, 15) is 4.79 Å². The van der Waals surface area contributed by atoms with Gasteiger partial charge in [0.05, 0.1) is 0 Å².